The van der Waals surface area contributed by atoms with Crippen LogP contribution < -0.4 is 20.5 Å². The summed E-state index contributed by atoms with van der Waals surface area (Å²) in [6.45, 7) is 2.46. The van der Waals surface area contributed by atoms with Gasteiger partial charge < -0.3 is 14.6 Å². The van der Waals surface area contributed by atoms with Crippen LogP contribution in [-0.2, 0) is 17.6 Å². The molecule has 2 N–H and O–H groups in total. The van der Waals surface area contributed by atoms with Gasteiger partial charge in [0.2, 0.25) is 0 Å². The summed E-state index contributed by atoms with van der Waals surface area (Å²) in [6, 6.07) is 12.3. The first-order valence-corrected chi connectivity index (χ1v) is 14.4. The number of amides is 1. The highest BCUT2D eigenvalue weighted by molar-refractivity contribution is 7.99. The molecule has 202 valence electrons. The normalized spacial score (nSPS) is 13.0. The Hall–Kier alpha value is -3.83. The van der Waals surface area contributed by atoms with E-state index in [0.717, 1.165) is 31.2 Å². The second kappa shape index (κ2) is 11.9. The number of ether oxygens (including phenoxy) is 2. The number of benzene rings is 2. The highest BCUT2D eigenvalue weighted by Crippen LogP contribution is 2.35. The first-order chi connectivity index (χ1) is 19.0. The highest BCUT2D eigenvalue weighted by atomic mass is 32.2. The van der Waals surface area contributed by atoms with E-state index in [1.165, 1.54) is 30.0 Å². The van der Waals surface area contributed by atoms with Crippen molar-refractivity contribution in [2.24, 2.45) is 5.10 Å². The number of aromatic nitrogens is 2. The van der Waals surface area contributed by atoms with Gasteiger partial charge in [0.25, 0.3) is 11.5 Å². The predicted octanol–water partition coefficient (Wildman–Crippen LogP) is 4.68. The van der Waals surface area contributed by atoms with E-state index < -0.39 is 0 Å². The number of hydrogen-bond donors (Lipinski definition) is 2. The predicted molar refractivity (Wildman–Crippen MR) is 154 cm³/mol. The summed E-state index contributed by atoms with van der Waals surface area (Å²) in [7, 11) is 1.46. The van der Waals surface area contributed by atoms with Crippen molar-refractivity contribution in [3.05, 3.63) is 68.8 Å². The molecule has 0 radical (unpaired) electrons. The van der Waals surface area contributed by atoms with Crippen LogP contribution >= 0.6 is 23.1 Å². The molecule has 0 saturated heterocycles. The maximum absolute atomic E-state index is 13.9. The number of nitrogens with zero attached hydrogens (tertiary/aromatic N) is 3. The molecule has 0 spiro atoms. The van der Waals surface area contributed by atoms with E-state index in [1.54, 1.807) is 34.1 Å². The van der Waals surface area contributed by atoms with Crippen LogP contribution in [0.1, 0.15) is 35.8 Å². The number of nitrogens with one attached hydrogen (secondary N) is 1. The van der Waals surface area contributed by atoms with Gasteiger partial charge in [-0.3, -0.25) is 14.2 Å². The summed E-state index contributed by atoms with van der Waals surface area (Å²) < 4.78 is 12.2. The van der Waals surface area contributed by atoms with Gasteiger partial charge >= 0.3 is 0 Å². The lowest BCUT2D eigenvalue weighted by Gasteiger charge is -2.14. The molecule has 4 aromatic rings. The maximum atomic E-state index is 13.9. The van der Waals surface area contributed by atoms with Gasteiger partial charge in [0.1, 0.15) is 10.6 Å². The van der Waals surface area contributed by atoms with E-state index in [9.17, 15) is 14.7 Å². The van der Waals surface area contributed by atoms with E-state index in [1.807, 2.05) is 31.2 Å². The number of methoxy groups -OCH3 is 1. The number of aromatic hydroxyl groups is 1. The van der Waals surface area contributed by atoms with Crippen LogP contribution in [0.25, 0.3) is 15.9 Å². The molecule has 0 fully saturated rings. The number of para-hydroxylation sites is 1. The van der Waals surface area contributed by atoms with Crippen LogP contribution in [0.2, 0.25) is 0 Å². The van der Waals surface area contributed by atoms with Crippen molar-refractivity contribution < 1.29 is 19.4 Å². The quantitative estimate of drug-likeness (QED) is 0.131. The van der Waals surface area contributed by atoms with Crippen molar-refractivity contribution >= 4 is 45.4 Å². The monoisotopic (exact) mass is 564 g/mol. The summed E-state index contributed by atoms with van der Waals surface area (Å²) in [6.07, 6.45) is 5.36. The summed E-state index contributed by atoms with van der Waals surface area (Å²) in [5, 5.41) is 15.3. The van der Waals surface area contributed by atoms with Crippen LogP contribution in [0.3, 0.4) is 0 Å². The second-order valence-corrected chi connectivity index (χ2v) is 10.9. The van der Waals surface area contributed by atoms with Gasteiger partial charge in [0.15, 0.2) is 16.7 Å². The molecule has 1 aliphatic rings. The number of thioether (sulfide) groups is 1. The number of carbonyl (C=O) groups excluding carboxylic acids is 1. The number of hydrogen-bond acceptors (Lipinski definition) is 9. The zero-order valence-electron chi connectivity index (χ0n) is 21.6. The molecule has 1 aliphatic carbocycles. The van der Waals surface area contributed by atoms with Gasteiger partial charge in [-0.05, 0) is 74.6 Å². The molecule has 0 aliphatic heterocycles. The van der Waals surface area contributed by atoms with Crippen molar-refractivity contribution in [1.29, 1.82) is 0 Å². The van der Waals surface area contributed by atoms with Crippen molar-refractivity contribution in [2.75, 3.05) is 19.5 Å². The Balaban J connectivity index is 1.41. The number of rotatable bonds is 9. The van der Waals surface area contributed by atoms with Crippen molar-refractivity contribution in [3.8, 4) is 22.9 Å². The van der Waals surface area contributed by atoms with Gasteiger partial charge in [0.05, 0.1) is 36.8 Å². The third kappa shape index (κ3) is 5.64. The van der Waals surface area contributed by atoms with Crippen LogP contribution in [0.5, 0.6) is 17.2 Å². The average Bonchev–Trinajstić information content (AvgIpc) is 3.32. The topological polar surface area (TPSA) is 115 Å². The van der Waals surface area contributed by atoms with E-state index in [2.05, 4.69) is 10.5 Å². The van der Waals surface area contributed by atoms with Crippen LogP contribution in [0.15, 0.2) is 57.5 Å². The number of aryl methyl sites for hydroxylation is 2. The smallest absolute Gasteiger partial charge is 0.267 e. The highest BCUT2D eigenvalue weighted by Gasteiger charge is 2.23. The first kappa shape index (κ1) is 26.8. The lowest BCUT2D eigenvalue weighted by atomic mass is 9.97. The molecule has 9 nitrogen and oxygen atoms in total. The molecule has 39 heavy (non-hydrogen) atoms. The maximum Gasteiger partial charge on any atom is 0.267 e. The van der Waals surface area contributed by atoms with Crippen LogP contribution in [0.4, 0.5) is 0 Å². The van der Waals surface area contributed by atoms with Crippen LogP contribution in [-0.4, -0.2) is 46.2 Å². The molecule has 5 rings (SSSR count). The first-order valence-electron chi connectivity index (χ1n) is 12.6. The van der Waals surface area contributed by atoms with E-state index >= 15 is 0 Å². The van der Waals surface area contributed by atoms with Gasteiger partial charge in [-0.15, -0.1) is 11.3 Å². The number of phenolic OH excluding ortho intramolecular Hbond substituents is 1. The summed E-state index contributed by atoms with van der Waals surface area (Å²) >= 11 is 2.74. The Morgan fingerprint density at radius 2 is 2.03 bits per heavy atom. The fourth-order valence-electron chi connectivity index (χ4n) is 4.51. The molecule has 0 atom stereocenters. The number of phenols is 1. The second-order valence-electron chi connectivity index (χ2n) is 8.83. The van der Waals surface area contributed by atoms with Gasteiger partial charge in [0, 0.05) is 10.4 Å². The molecule has 2 heterocycles. The Bertz CT molecular complexity index is 1590. The van der Waals surface area contributed by atoms with E-state index in [4.69, 9.17) is 14.5 Å². The lowest BCUT2D eigenvalue weighted by molar-refractivity contribution is -0.118. The van der Waals surface area contributed by atoms with Gasteiger partial charge in [-0.1, -0.05) is 17.8 Å². The molecular formula is C28H28N4O5S2. The van der Waals surface area contributed by atoms with E-state index in [-0.39, 0.29) is 23.0 Å². The number of carbonyl (C=O) groups is 1. The zero-order valence-corrected chi connectivity index (χ0v) is 23.2. The average molecular weight is 565 g/mol. The minimum atomic E-state index is -0.378. The summed E-state index contributed by atoms with van der Waals surface area (Å²) in [5.74, 6) is 0.566. The van der Waals surface area contributed by atoms with Crippen LogP contribution in [0, 0.1) is 0 Å². The zero-order chi connectivity index (χ0) is 27.4. The molecule has 1 amide bonds. The third-order valence-corrected chi connectivity index (χ3v) is 8.46. The molecule has 0 saturated carbocycles. The standard InChI is InChI=1S/C28H28N4O5S2/c1-3-37-19-13-11-18(12-14-19)32-27(35)24-20-8-4-5-10-22(20)39-26(24)30-28(32)38-16-23(33)31-29-15-17-7-6-9-21(36-2)25(17)34/h6-7,9,11-15,34H,3-5,8,10,16H2,1-2H3,(H,31,33)/b29-15+. The minimum absolute atomic E-state index is 0.0124. The van der Waals surface area contributed by atoms with Gasteiger partial charge in [-0.25, -0.2) is 10.4 Å². The summed E-state index contributed by atoms with van der Waals surface area (Å²) in [5.41, 5.74) is 4.51. The number of thiophene rings is 1. The lowest BCUT2D eigenvalue weighted by Crippen LogP contribution is -2.24. The molecule has 2 aromatic heterocycles. The van der Waals surface area contributed by atoms with E-state index in [0.29, 0.717) is 44.7 Å². The van der Waals surface area contributed by atoms with Crippen molar-refractivity contribution in [1.82, 2.24) is 15.0 Å². The fourth-order valence-corrected chi connectivity index (χ4v) is 6.62. The van der Waals surface area contributed by atoms with Crippen molar-refractivity contribution in [2.45, 2.75) is 37.8 Å². The van der Waals surface area contributed by atoms with Crippen molar-refractivity contribution in [3.63, 3.8) is 0 Å². The molecular weight excluding hydrogens is 536 g/mol. The SMILES string of the molecule is CCOc1ccc(-n2c(SCC(=O)N/N=C/c3cccc(OC)c3O)nc3sc4c(c3c2=O)CCCC4)cc1. The fraction of sp³-hybridized carbons (Fsp3) is 0.286. The molecule has 0 bridgehead atoms. The Morgan fingerprint density at radius 1 is 1.23 bits per heavy atom. The number of fused-ring (bicyclic) bond motifs is 3. The Morgan fingerprint density at radius 3 is 2.79 bits per heavy atom. The Kier molecular flexibility index (Phi) is 8.18. The third-order valence-electron chi connectivity index (χ3n) is 6.34. The molecule has 2 aromatic carbocycles. The largest absolute Gasteiger partial charge is 0.504 e. The van der Waals surface area contributed by atoms with Gasteiger partial charge in [-0.2, -0.15) is 5.10 Å². The number of hydrazone groups is 1. The summed E-state index contributed by atoms with van der Waals surface area (Å²) in [4.78, 5) is 33.3. The Labute approximate surface area is 233 Å². The molecule has 0 unspecified atom stereocenters. The molecule has 11 heteroatoms. The minimum Gasteiger partial charge on any atom is -0.504 e.